The van der Waals surface area contributed by atoms with Gasteiger partial charge < -0.3 is 14.5 Å². The van der Waals surface area contributed by atoms with E-state index < -0.39 is 0 Å². The van der Waals surface area contributed by atoms with Crippen molar-refractivity contribution in [1.29, 1.82) is 0 Å². The number of urea groups is 1. The minimum Gasteiger partial charge on any atom is -0.497 e. The van der Waals surface area contributed by atoms with E-state index in [4.69, 9.17) is 4.74 Å². The summed E-state index contributed by atoms with van der Waals surface area (Å²) in [7, 11) is 5.26. The highest BCUT2D eigenvalue weighted by Gasteiger charge is 2.28. The van der Waals surface area contributed by atoms with Gasteiger partial charge in [-0.1, -0.05) is 6.07 Å². The molecule has 1 aromatic carbocycles. The van der Waals surface area contributed by atoms with E-state index in [0.29, 0.717) is 0 Å². The van der Waals surface area contributed by atoms with E-state index in [1.165, 1.54) is 11.1 Å². The highest BCUT2D eigenvalue weighted by molar-refractivity contribution is 5.75. The summed E-state index contributed by atoms with van der Waals surface area (Å²) >= 11 is 0. The zero-order valence-corrected chi connectivity index (χ0v) is 11.4. The van der Waals surface area contributed by atoms with E-state index in [2.05, 4.69) is 19.1 Å². The molecule has 2 amide bonds. The first-order valence-electron chi connectivity index (χ1n) is 6.19. The fourth-order valence-electron chi connectivity index (χ4n) is 2.45. The van der Waals surface area contributed by atoms with Crippen molar-refractivity contribution in [2.45, 2.75) is 19.4 Å². The smallest absolute Gasteiger partial charge is 0.319 e. The van der Waals surface area contributed by atoms with Crippen LogP contribution < -0.4 is 4.74 Å². The zero-order chi connectivity index (χ0) is 13.3. The van der Waals surface area contributed by atoms with Crippen molar-refractivity contribution >= 4 is 6.03 Å². The normalized spacial score (nSPS) is 18.2. The number of benzene rings is 1. The van der Waals surface area contributed by atoms with E-state index in [0.717, 1.165) is 18.7 Å². The highest BCUT2D eigenvalue weighted by Crippen LogP contribution is 2.32. The predicted molar refractivity (Wildman–Crippen MR) is 70.9 cm³/mol. The fourth-order valence-corrected chi connectivity index (χ4v) is 2.45. The zero-order valence-electron chi connectivity index (χ0n) is 11.4. The molecule has 18 heavy (non-hydrogen) atoms. The van der Waals surface area contributed by atoms with Gasteiger partial charge in [-0.25, -0.2) is 4.79 Å². The molecule has 0 saturated heterocycles. The van der Waals surface area contributed by atoms with Gasteiger partial charge in [0.25, 0.3) is 0 Å². The highest BCUT2D eigenvalue weighted by atomic mass is 16.5. The molecule has 98 valence electrons. The van der Waals surface area contributed by atoms with Crippen LogP contribution in [0.2, 0.25) is 0 Å². The molecule has 0 aromatic heterocycles. The molecule has 0 fully saturated rings. The van der Waals surface area contributed by atoms with Crippen LogP contribution in [0.5, 0.6) is 5.75 Å². The molecule has 1 aliphatic rings. The van der Waals surface area contributed by atoms with Gasteiger partial charge in [-0.2, -0.15) is 0 Å². The maximum atomic E-state index is 12.1. The van der Waals surface area contributed by atoms with Crippen LogP contribution in [0.3, 0.4) is 0 Å². The molecule has 0 N–H and O–H groups in total. The fraction of sp³-hybridized carbons (Fsp3) is 0.500. The van der Waals surface area contributed by atoms with E-state index in [9.17, 15) is 4.79 Å². The van der Waals surface area contributed by atoms with Crippen molar-refractivity contribution in [2.24, 2.45) is 0 Å². The quantitative estimate of drug-likeness (QED) is 0.764. The molecule has 0 bridgehead atoms. The summed E-state index contributed by atoms with van der Waals surface area (Å²) in [5.41, 5.74) is 2.50. The molecule has 1 atom stereocenters. The minimum atomic E-state index is 0.0731. The lowest BCUT2D eigenvalue weighted by Crippen LogP contribution is -2.44. The summed E-state index contributed by atoms with van der Waals surface area (Å²) in [6.45, 7) is 2.84. The Bertz CT molecular complexity index is 457. The van der Waals surface area contributed by atoms with Crippen molar-refractivity contribution in [3.63, 3.8) is 0 Å². The first kappa shape index (κ1) is 12.7. The Morgan fingerprint density at radius 3 is 2.78 bits per heavy atom. The second-order valence-corrected chi connectivity index (χ2v) is 4.86. The van der Waals surface area contributed by atoms with Crippen LogP contribution in [-0.2, 0) is 6.42 Å². The van der Waals surface area contributed by atoms with Gasteiger partial charge in [0.05, 0.1) is 13.2 Å². The Balaban J connectivity index is 2.28. The molecular formula is C14H20N2O2. The average Bonchev–Trinajstić information content (AvgIpc) is 2.37. The standard InChI is InChI=1S/C14H20N2O2/c1-10-13-6-5-12(18-4)9-11(13)7-8-16(10)14(17)15(2)3/h5-6,9-10H,7-8H2,1-4H3. The molecule has 0 radical (unpaired) electrons. The van der Waals surface area contributed by atoms with Crippen LogP contribution in [0.25, 0.3) is 0 Å². The lowest BCUT2D eigenvalue weighted by Gasteiger charge is -2.36. The number of fused-ring (bicyclic) bond motifs is 1. The van der Waals surface area contributed by atoms with Crippen LogP contribution in [0.4, 0.5) is 4.79 Å². The number of amides is 2. The number of carbonyl (C=O) groups is 1. The summed E-state index contributed by atoms with van der Waals surface area (Å²) in [6.07, 6.45) is 0.885. The van der Waals surface area contributed by atoms with Crippen LogP contribution in [0, 0.1) is 0 Å². The van der Waals surface area contributed by atoms with Crippen LogP contribution in [-0.4, -0.2) is 43.6 Å². The largest absolute Gasteiger partial charge is 0.497 e. The Morgan fingerprint density at radius 2 is 2.17 bits per heavy atom. The van der Waals surface area contributed by atoms with Gasteiger partial charge in [0, 0.05) is 20.6 Å². The monoisotopic (exact) mass is 248 g/mol. The van der Waals surface area contributed by atoms with Crippen molar-refractivity contribution < 1.29 is 9.53 Å². The average molecular weight is 248 g/mol. The molecule has 1 heterocycles. The van der Waals surface area contributed by atoms with Crippen molar-refractivity contribution in [1.82, 2.24) is 9.80 Å². The second kappa shape index (κ2) is 4.88. The van der Waals surface area contributed by atoms with E-state index >= 15 is 0 Å². The molecule has 0 spiro atoms. The lowest BCUT2D eigenvalue weighted by molar-refractivity contribution is 0.149. The third-order valence-corrected chi connectivity index (χ3v) is 3.52. The molecule has 1 aliphatic heterocycles. The van der Waals surface area contributed by atoms with E-state index in [1.54, 1.807) is 26.1 Å². The topological polar surface area (TPSA) is 32.8 Å². The van der Waals surface area contributed by atoms with Gasteiger partial charge in [-0.15, -0.1) is 0 Å². The molecule has 2 rings (SSSR count). The van der Waals surface area contributed by atoms with Gasteiger partial charge in [0.15, 0.2) is 0 Å². The SMILES string of the molecule is COc1ccc2c(c1)CCN(C(=O)N(C)C)C2C. The minimum absolute atomic E-state index is 0.0731. The summed E-state index contributed by atoms with van der Waals surface area (Å²) < 4.78 is 5.24. The van der Waals surface area contributed by atoms with E-state index in [-0.39, 0.29) is 12.1 Å². The van der Waals surface area contributed by atoms with Crippen molar-refractivity contribution in [3.05, 3.63) is 29.3 Å². The third kappa shape index (κ3) is 2.15. The van der Waals surface area contributed by atoms with Gasteiger partial charge >= 0.3 is 6.03 Å². The molecular weight excluding hydrogens is 228 g/mol. The summed E-state index contributed by atoms with van der Waals surface area (Å²) in [5, 5.41) is 0. The van der Waals surface area contributed by atoms with Crippen LogP contribution >= 0.6 is 0 Å². The molecule has 1 unspecified atom stereocenters. The Kier molecular flexibility index (Phi) is 3.45. The number of hydrogen-bond acceptors (Lipinski definition) is 2. The predicted octanol–water partition coefficient (Wildman–Crippen LogP) is 2.30. The second-order valence-electron chi connectivity index (χ2n) is 4.86. The number of ether oxygens (including phenoxy) is 1. The Morgan fingerprint density at radius 1 is 1.44 bits per heavy atom. The first-order valence-corrected chi connectivity index (χ1v) is 6.19. The number of rotatable bonds is 1. The van der Waals surface area contributed by atoms with Crippen LogP contribution in [0.15, 0.2) is 18.2 Å². The van der Waals surface area contributed by atoms with Crippen molar-refractivity contribution in [3.8, 4) is 5.75 Å². The molecule has 1 aromatic rings. The number of hydrogen-bond donors (Lipinski definition) is 0. The maximum absolute atomic E-state index is 12.1. The van der Waals surface area contributed by atoms with Crippen LogP contribution in [0.1, 0.15) is 24.1 Å². The molecule has 4 nitrogen and oxygen atoms in total. The van der Waals surface area contributed by atoms with Crippen molar-refractivity contribution in [2.75, 3.05) is 27.7 Å². The number of nitrogens with zero attached hydrogens (tertiary/aromatic N) is 2. The van der Waals surface area contributed by atoms with E-state index in [1.807, 2.05) is 11.0 Å². The molecule has 4 heteroatoms. The third-order valence-electron chi connectivity index (χ3n) is 3.52. The summed E-state index contributed by atoms with van der Waals surface area (Å²) in [5.74, 6) is 0.883. The Labute approximate surface area is 108 Å². The van der Waals surface area contributed by atoms with Gasteiger partial charge in [0.1, 0.15) is 5.75 Å². The lowest BCUT2D eigenvalue weighted by atomic mass is 9.93. The van der Waals surface area contributed by atoms with Gasteiger partial charge in [-0.05, 0) is 36.6 Å². The molecule has 0 aliphatic carbocycles. The summed E-state index contributed by atoms with van der Waals surface area (Å²) in [4.78, 5) is 15.6. The molecule has 0 saturated carbocycles. The summed E-state index contributed by atoms with van der Waals surface area (Å²) in [6, 6.07) is 6.29. The maximum Gasteiger partial charge on any atom is 0.319 e. The van der Waals surface area contributed by atoms with Gasteiger partial charge in [0.2, 0.25) is 0 Å². The Hall–Kier alpha value is -1.71. The first-order chi connectivity index (χ1) is 8.54. The number of methoxy groups -OCH3 is 1. The number of carbonyl (C=O) groups excluding carboxylic acids is 1. The van der Waals surface area contributed by atoms with Gasteiger partial charge in [-0.3, -0.25) is 0 Å².